The standard InChI is InChI=1S/C15H19NO/c1-11-4-2-5-12(8-11)16-13-6-3-7-14(16)10-15(17)9-13/h2,4-5,8,13-14H,3,6-7,9-10H2,1H3. The molecule has 2 unspecified atom stereocenters. The number of nitrogens with zero attached hydrogens (tertiary/aromatic N) is 1. The van der Waals surface area contributed by atoms with Gasteiger partial charge in [0.25, 0.3) is 0 Å². The van der Waals surface area contributed by atoms with Crippen LogP contribution in [0, 0.1) is 6.92 Å². The lowest BCUT2D eigenvalue weighted by molar-refractivity contribution is -0.121. The van der Waals surface area contributed by atoms with Crippen molar-refractivity contribution in [3.8, 4) is 0 Å². The number of hydrogen-bond donors (Lipinski definition) is 0. The molecule has 2 aliphatic rings. The molecule has 0 saturated carbocycles. The molecule has 0 aliphatic carbocycles. The molecular formula is C15H19NO. The van der Waals surface area contributed by atoms with Crippen molar-refractivity contribution in [3.63, 3.8) is 0 Å². The molecule has 1 aromatic carbocycles. The molecule has 0 amide bonds. The smallest absolute Gasteiger partial charge is 0.137 e. The quantitative estimate of drug-likeness (QED) is 0.737. The van der Waals surface area contributed by atoms with E-state index < -0.39 is 0 Å². The van der Waals surface area contributed by atoms with Crippen LogP contribution >= 0.6 is 0 Å². The summed E-state index contributed by atoms with van der Waals surface area (Å²) < 4.78 is 0. The van der Waals surface area contributed by atoms with Gasteiger partial charge < -0.3 is 4.90 Å². The van der Waals surface area contributed by atoms with Gasteiger partial charge >= 0.3 is 0 Å². The van der Waals surface area contributed by atoms with Gasteiger partial charge in [-0.3, -0.25) is 4.79 Å². The van der Waals surface area contributed by atoms with Crippen LogP contribution in [-0.4, -0.2) is 17.9 Å². The highest BCUT2D eigenvalue weighted by atomic mass is 16.1. The summed E-state index contributed by atoms with van der Waals surface area (Å²) in [7, 11) is 0. The topological polar surface area (TPSA) is 20.3 Å². The highest BCUT2D eigenvalue weighted by Crippen LogP contribution is 2.36. The summed E-state index contributed by atoms with van der Waals surface area (Å²) >= 11 is 0. The molecule has 2 heteroatoms. The summed E-state index contributed by atoms with van der Waals surface area (Å²) in [5.74, 6) is 0.462. The number of carbonyl (C=O) groups excluding carboxylic acids is 1. The van der Waals surface area contributed by atoms with Gasteiger partial charge in [0.05, 0.1) is 0 Å². The molecule has 0 aromatic heterocycles. The predicted molar refractivity (Wildman–Crippen MR) is 69.3 cm³/mol. The van der Waals surface area contributed by atoms with Gasteiger partial charge in [-0.15, -0.1) is 0 Å². The first kappa shape index (κ1) is 10.8. The number of benzene rings is 1. The van der Waals surface area contributed by atoms with Crippen LogP contribution in [0.5, 0.6) is 0 Å². The Bertz CT molecular complexity index is 424. The Hall–Kier alpha value is -1.31. The van der Waals surface area contributed by atoms with E-state index in [-0.39, 0.29) is 0 Å². The van der Waals surface area contributed by atoms with E-state index in [0.29, 0.717) is 17.9 Å². The van der Waals surface area contributed by atoms with Gasteiger partial charge in [0.2, 0.25) is 0 Å². The van der Waals surface area contributed by atoms with Crippen molar-refractivity contribution < 1.29 is 4.79 Å². The number of piperidine rings is 2. The summed E-state index contributed by atoms with van der Waals surface area (Å²) in [5.41, 5.74) is 2.62. The Morgan fingerprint density at radius 2 is 1.88 bits per heavy atom. The van der Waals surface area contributed by atoms with Crippen LogP contribution in [0.15, 0.2) is 24.3 Å². The van der Waals surface area contributed by atoms with Gasteiger partial charge in [0, 0.05) is 30.6 Å². The van der Waals surface area contributed by atoms with Crippen molar-refractivity contribution in [2.75, 3.05) is 4.90 Å². The zero-order valence-corrected chi connectivity index (χ0v) is 10.4. The SMILES string of the molecule is Cc1cccc(N2C3CCCC2CC(=O)C3)c1. The summed E-state index contributed by atoms with van der Waals surface area (Å²) in [4.78, 5) is 14.2. The summed E-state index contributed by atoms with van der Waals surface area (Å²) in [6.07, 6.45) is 5.15. The molecule has 1 aromatic rings. The van der Waals surface area contributed by atoms with E-state index in [9.17, 15) is 4.79 Å². The van der Waals surface area contributed by atoms with E-state index in [1.165, 1.54) is 30.5 Å². The summed E-state index contributed by atoms with van der Waals surface area (Å²) in [6.45, 7) is 2.13. The first-order chi connectivity index (χ1) is 8.24. The van der Waals surface area contributed by atoms with E-state index in [0.717, 1.165) is 12.8 Å². The molecule has 0 N–H and O–H groups in total. The highest BCUT2D eigenvalue weighted by Gasteiger charge is 2.37. The van der Waals surface area contributed by atoms with Crippen LogP contribution in [0.25, 0.3) is 0 Å². The molecular weight excluding hydrogens is 210 g/mol. The molecule has 3 rings (SSSR count). The van der Waals surface area contributed by atoms with E-state index in [1.807, 2.05) is 0 Å². The molecule has 90 valence electrons. The van der Waals surface area contributed by atoms with Crippen LogP contribution in [-0.2, 0) is 4.79 Å². The van der Waals surface area contributed by atoms with E-state index in [2.05, 4.69) is 36.1 Å². The Morgan fingerprint density at radius 3 is 2.53 bits per heavy atom. The van der Waals surface area contributed by atoms with Gasteiger partial charge in [-0.1, -0.05) is 12.1 Å². The number of rotatable bonds is 1. The minimum absolute atomic E-state index is 0.455. The van der Waals surface area contributed by atoms with Gasteiger partial charge in [-0.2, -0.15) is 0 Å². The second-order valence-electron chi connectivity index (χ2n) is 5.43. The van der Waals surface area contributed by atoms with Crippen molar-refractivity contribution in [2.45, 2.75) is 51.1 Å². The lowest BCUT2D eigenvalue weighted by Gasteiger charge is -2.47. The Kier molecular flexibility index (Phi) is 2.65. The number of hydrogen-bond acceptors (Lipinski definition) is 2. The molecule has 2 heterocycles. The zero-order chi connectivity index (χ0) is 11.8. The molecule has 17 heavy (non-hydrogen) atoms. The maximum Gasteiger partial charge on any atom is 0.137 e. The highest BCUT2D eigenvalue weighted by molar-refractivity contribution is 5.82. The van der Waals surface area contributed by atoms with Crippen LogP contribution in [0.2, 0.25) is 0 Å². The van der Waals surface area contributed by atoms with Gasteiger partial charge in [-0.25, -0.2) is 0 Å². The van der Waals surface area contributed by atoms with Crippen LogP contribution in [0.1, 0.15) is 37.7 Å². The van der Waals surface area contributed by atoms with Gasteiger partial charge in [0.15, 0.2) is 0 Å². The van der Waals surface area contributed by atoms with Gasteiger partial charge in [0.1, 0.15) is 5.78 Å². The average Bonchev–Trinajstić information content (AvgIpc) is 2.27. The number of Topliss-reactive ketones (excluding diaryl/α,β-unsaturated/α-hetero) is 1. The zero-order valence-electron chi connectivity index (χ0n) is 10.4. The third-order valence-corrected chi connectivity index (χ3v) is 4.09. The minimum atomic E-state index is 0.455. The molecule has 2 atom stereocenters. The number of fused-ring (bicyclic) bond motifs is 2. The molecule has 2 aliphatic heterocycles. The number of carbonyl (C=O) groups is 1. The Labute approximate surface area is 103 Å². The number of ketones is 1. The lowest BCUT2D eigenvalue weighted by Crippen LogP contribution is -2.52. The Morgan fingerprint density at radius 1 is 1.18 bits per heavy atom. The molecule has 2 bridgehead atoms. The maximum atomic E-state index is 11.7. The van der Waals surface area contributed by atoms with E-state index in [4.69, 9.17) is 0 Å². The summed E-state index contributed by atoms with van der Waals surface area (Å²) in [6, 6.07) is 9.61. The molecule has 0 radical (unpaired) electrons. The maximum absolute atomic E-state index is 11.7. The second kappa shape index (κ2) is 4.17. The fourth-order valence-electron chi connectivity index (χ4n) is 3.39. The monoisotopic (exact) mass is 229 g/mol. The lowest BCUT2D eigenvalue weighted by atomic mass is 9.83. The van der Waals surface area contributed by atoms with Crippen molar-refractivity contribution in [3.05, 3.63) is 29.8 Å². The third kappa shape index (κ3) is 1.97. The van der Waals surface area contributed by atoms with Crippen molar-refractivity contribution in [1.29, 1.82) is 0 Å². The van der Waals surface area contributed by atoms with Crippen molar-refractivity contribution in [2.24, 2.45) is 0 Å². The third-order valence-electron chi connectivity index (χ3n) is 4.09. The van der Waals surface area contributed by atoms with E-state index in [1.54, 1.807) is 0 Å². The number of anilines is 1. The van der Waals surface area contributed by atoms with Crippen molar-refractivity contribution >= 4 is 11.5 Å². The van der Waals surface area contributed by atoms with Crippen LogP contribution < -0.4 is 4.90 Å². The van der Waals surface area contributed by atoms with E-state index >= 15 is 0 Å². The van der Waals surface area contributed by atoms with Crippen LogP contribution in [0.4, 0.5) is 5.69 Å². The first-order valence-corrected chi connectivity index (χ1v) is 6.61. The second-order valence-corrected chi connectivity index (χ2v) is 5.43. The van der Waals surface area contributed by atoms with Crippen molar-refractivity contribution in [1.82, 2.24) is 0 Å². The number of aryl methyl sites for hydroxylation is 1. The molecule has 0 spiro atoms. The normalized spacial score (nSPS) is 28.3. The van der Waals surface area contributed by atoms with Crippen LogP contribution in [0.3, 0.4) is 0 Å². The average molecular weight is 229 g/mol. The largest absolute Gasteiger partial charge is 0.365 e. The molecule has 2 nitrogen and oxygen atoms in total. The Balaban J connectivity index is 1.94. The van der Waals surface area contributed by atoms with Gasteiger partial charge in [-0.05, 0) is 43.9 Å². The predicted octanol–water partition coefficient (Wildman–Crippen LogP) is 3.09. The fraction of sp³-hybridized carbons (Fsp3) is 0.533. The molecule has 2 fully saturated rings. The fourth-order valence-corrected chi connectivity index (χ4v) is 3.39. The minimum Gasteiger partial charge on any atom is -0.365 e. The molecule has 2 saturated heterocycles. The first-order valence-electron chi connectivity index (χ1n) is 6.61. The summed E-state index contributed by atoms with van der Waals surface area (Å²) in [5, 5.41) is 0.